The molecule has 3 saturated heterocycles. The van der Waals surface area contributed by atoms with Crippen molar-refractivity contribution in [2.24, 2.45) is 17.8 Å². The van der Waals surface area contributed by atoms with Gasteiger partial charge in [-0.1, -0.05) is 13.8 Å². The molecule has 0 saturated carbocycles. The molecule has 0 aromatic heterocycles. The molecule has 4 aliphatic rings. The number of likely N-dealkylation sites (tertiary alicyclic amines) is 1. The first-order chi connectivity index (χ1) is 13.8. The monoisotopic (exact) mass is 401 g/mol. The van der Waals surface area contributed by atoms with Crippen LogP contribution in [0.1, 0.15) is 32.3 Å². The van der Waals surface area contributed by atoms with Crippen molar-refractivity contribution in [3.8, 4) is 0 Å². The number of amides is 3. The van der Waals surface area contributed by atoms with Crippen LogP contribution in [0.25, 0.3) is 0 Å². The number of rotatable bonds is 3. The molecule has 4 aliphatic heterocycles. The quantitative estimate of drug-likeness (QED) is 0.748. The van der Waals surface area contributed by atoms with Crippen LogP contribution in [0.2, 0.25) is 0 Å². The van der Waals surface area contributed by atoms with Crippen molar-refractivity contribution < 1.29 is 23.5 Å². The summed E-state index contributed by atoms with van der Waals surface area (Å²) in [4.78, 5) is 41.3. The van der Waals surface area contributed by atoms with Crippen LogP contribution in [0.5, 0.6) is 0 Å². The molecule has 5 atom stereocenters. The lowest BCUT2D eigenvalue weighted by Crippen LogP contribution is -2.54. The van der Waals surface area contributed by atoms with Gasteiger partial charge in [-0.25, -0.2) is 4.39 Å². The van der Waals surface area contributed by atoms with Crippen molar-refractivity contribution in [2.45, 2.75) is 44.4 Å². The third kappa shape index (κ3) is 2.45. The minimum Gasteiger partial charge on any atom is -0.376 e. The average Bonchev–Trinajstić information content (AvgIpc) is 3.41. The van der Waals surface area contributed by atoms with Gasteiger partial charge in [0.25, 0.3) is 0 Å². The van der Waals surface area contributed by atoms with Crippen LogP contribution >= 0.6 is 0 Å². The molecule has 1 unspecified atom stereocenters. The molecule has 0 radical (unpaired) electrons. The van der Waals surface area contributed by atoms with Crippen LogP contribution in [0, 0.1) is 23.6 Å². The summed E-state index contributed by atoms with van der Waals surface area (Å²) in [5, 5.41) is 6.08. The van der Waals surface area contributed by atoms with E-state index in [1.807, 2.05) is 13.8 Å². The van der Waals surface area contributed by atoms with Gasteiger partial charge < -0.3 is 10.1 Å². The first kappa shape index (κ1) is 18.7. The second kappa shape index (κ2) is 6.34. The molecule has 5 rings (SSSR count). The van der Waals surface area contributed by atoms with Crippen molar-refractivity contribution in [1.82, 2.24) is 10.2 Å². The van der Waals surface area contributed by atoms with Crippen LogP contribution in [0.3, 0.4) is 0 Å². The van der Waals surface area contributed by atoms with Gasteiger partial charge in [0, 0.05) is 23.9 Å². The van der Waals surface area contributed by atoms with Crippen molar-refractivity contribution in [1.29, 1.82) is 0 Å². The molecule has 0 bridgehead atoms. The molecular formula is C21H24FN3O4. The summed E-state index contributed by atoms with van der Waals surface area (Å²) in [6, 6.07) is 3.70. The van der Waals surface area contributed by atoms with Gasteiger partial charge >= 0.3 is 0 Å². The molecule has 1 spiro atoms. The van der Waals surface area contributed by atoms with Crippen LogP contribution in [0.15, 0.2) is 18.2 Å². The number of hydrogen-bond donors (Lipinski definition) is 2. The Morgan fingerprint density at radius 2 is 2.07 bits per heavy atom. The Balaban J connectivity index is 1.61. The minimum atomic E-state index is -1.44. The number of fused-ring (bicyclic) bond motifs is 4. The number of carbonyl (C=O) groups is 3. The number of anilines is 1. The first-order valence-corrected chi connectivity index (χ1v) is 10.2. The fourth-order valence-corrected chi connectivity index (χ4v) is 5.51. The number of hydrogen-bond acceptors (Lipinski definition) is 5. The second-order valence-corrected chi connectivity index (χ2v) is 8.79. The van der Waals surface area contributed by atoms with E-state index < -0.39 is 29.1 Å². The summed E-state index contributed by atoms with van der Waals surface area (Å²) in [5.74, 6) is -3.09. The predicted molar refractivity (Wildman–Crippen MR) is 101 cm³/mol. The molecule has 8 heteroatoms. The zero-order chi connectivity index (χ0) is 20.5. The van der Waals surface area contributed by atoms with E-state index >= 15 is 0 Å². The van der Waals surface area contributed by atoms with Gasteiger partial charge in [-0.2, -0.15) is 0 Å². The summed E-state index contributed by atoms with van der Waals surface area (Å²) < 4.78 is 19.7. The smallest absolute Gasteiger partial charge is 0.250 e. The predicted octanol–water partition coefficient (Wildman–Crippen LogP) is 1.38. The minimum absolute atomic E-state index is 0.00622. The van der Waals surface area contributed by atoms with Gasteiger partial charge in [-0.3, -0.25) is 24.6 Å². The summed E-state index contributed by atoms with van der Waals surface area (Å²) in [6.07, 6.45) is 1.55. The Morgan fingerprint density at radius 1 is 1.28 bits per heavy atom. The van der Waals surface area contributed by atoms with E-state index in [-0.39, 0.29) is 36.4 Å². The van der Waals surface area contributed by atoms with Gasteiger partial charge in [0.1, 0.15) is 11.4 Å². The number of benzene rings is 1. The fourth-order valence-electron chi connectivity index (χ4n) is 5.51. The molecule has 1 aromatic rings. The normalized spacial score (nSPS) is 35.7. The first-order valence-electron chi connectivity index (χ1n) is 10.2. The highest BCUT2D eigenvalue weighted by atomic mass is 19.1. The molecule has 154 valence electrons. The lowest BCUT2D eigenvalue weighted by Gasteiger charge is -2.30. The van der Waals surface area contributed by atoms with Gasteiger partial charge in [-0.15, -0.1) is 0 Å². The molecule has 1 aromatic carbocycles. The molecule has 0 aliphatic carbocycles. The third-order valence-electron chi connectivity index (χ3n) is 6.83. The van der Waals surface area contributed by atoms with Crippen LogP contribution in [-0.4, -0.2) is 47.9 Å². The molecule has 3 amide bonds. The number of carbonyl (C=O) groups excluding carboxylic acids is 3. The largest absolute Gasteiger partial charge is 0.376 e. The third-order valence-corrected chi connectivity index (χ3v) is 6.83. The molecular weight excluding hydrogens is 377 g/mol. The average molecular weight is 401 g/mol. The Labute approximate surface area is 168 Å². The van der Waals surface area contributed by atoms with Crippen molar-refractivity contribution in [3.05, 3.63) is 29.6 Å². The number of halogens is 1. The zero-order valence-corrected chi connectivity index (χ0v) is 16.4. The van der Waals surface area contributed by atoms with E-state index in [4.69, 9.17) is 4.74 Å². The standard InChI is InChI=1S/C21H24FN3O4/c1-10(2)17-15-16(19(27)25(18(15)26)9-12-4-3-7-29-12)21(24-17)13-8-11(22)5-6-14(13)23-20(21)28/h5-6,8,10,12,15-17,24H,3-4,7,9H2,1-2H3,(H,23,28)/t12?,15-,16-,17+,21-/m1/s1. The van der Waals surface area contributed by atoms with Gasteiger partial charge in [0.15, 0.2) is 0 Å². The molecule has 2 N–H and O–H groups in total. The topological polar surface area (TPSA) is 87.7 Å². The molecule has 7 nitrogen and oxygen atoms in total. The summed E-state index contributed by atoms with van der Waals surface area (Å²) in [7, 11) is 0. The van der Waals surface area contributed by atoms with E-state index in [9.17, 15) is 18.8 Å². The van der Waals surface area contributed by atoms with E-state index in [1.165, 1.54) is 23.1 Å². The fraction of sp³-hybridized carbons (Fsp3) is 0.571. The maximum atomic E-state index is 14.1. The molecule has 29 heavy (non-hydrogen) atoms. The Bertz CT molecular complexity index is 913. The lowest BCUT2D eigenvalue weighted by molar-refractivity contribution is -0.144. The van der Waals surface area contributed by atoms with Crippen molar-refractivity contribution >= 4 is 23.4 Å². The lowest BCUT2D eigenvalue weighted by atomic mass is 9.76. The Hall–Kier alpha value is -2.32. The van der Waals surface area contributed by atoms with E-state index in [1.54, 1.807) is 0 Å². The maximum absolute atomic E-state index is 14.1. The van der Waals surface area contributed by atoms with Gasteiger partial charge in [-0.05, 0) is 37.0 Å². The van der Waals surface area contributed by atoms with Crippen molar-refractivity contribution in [3.63, 3.8) is 0 Å². The molecule has 4 heterocycles. The number of nitrogens with one attached hydrogen (secondary N) is 2. The summed E-state index contributed by atoms with van der Waals surface area (Å²) in [6.45, 7) is 4.74. The van der Waals surface area contributed by atoms with Gasteiger partial charge in [0.2, 0.25) is 17.7 Å². The summed E-state index contributed by atoms with van der Waals surface area (Å²) >= 11 is 0. The molecule has 3 fully saturated rings. The van der Waals surface area contributed by atoms with E-state index in [0.717, 1.165) is 12.8 Å². The van der Waals surface area contributed by atoms with E-state index in [2.05, 4.69) is 10.6 Å². The second-order valence-electron chi connectivity index (χ2n) is 8.79. The summed E-state index contributed by atoms with van der Waals surface area (Å²) in [5.41, 5.74) is -0.555. The van der Waals surface area contributed by atoms with Crippen LogP contribution in [-0.2, 0) is 24.7 Å². The highest BCUT2D eigenvalue weighted by Crippen LogP contribution is 2.54. The Morgan fingerprint density at radius 3 is 2.76 bits per heavy atom. The van der Waals surface area contributed by atoms with E-state index in [0.29, 0.717) is 17.9 Å². The van der Waals surface area contributed by atoms with Gasteiger partial charge in [0.05, 0.1) is 24.5 Å². The Kier molecular flexibility index (Phi) is 4.08. The maximum Gasteiger partial charge on any atom is 0.250 e. The SMILES string of the molecule is CC(C)[C@@H]1N[C@@]2(C(=O)Nc3ccc(F)cc32)[C@H]2C(=O)N(CC3CCCO3)C(=O)[C@@H]12. The zero-order valence-electron chi connectivity index (χ0n) is 16.4. The van der Waals surface area contributed by atoms with Crippen molar-refractivity contribution in [2.75, 3.05) is 18.5 Å². The number of ether oxygens (including phenoxy) is 1. The van der Waals surface area contributed by atoms with Crippen LogP contribution < -0.4 is 10.6 Å². The van der Waals surface area contributed by atoms with Crippen LogP contribution in [0.4, 0.5) is 10.1 Å². The number of nitrogens with zero attached hydrogens (tertiary/aromatic N) is 1. The highest BCUT2D eigenvalue weighted by Gasteiger charge is 2.70. The number of imide groups is 1. The highest BCUT2D eigenvalue weighted by molar-refractivity contribution is 6.15.